The lowest BCUT2D eigenvalue weighted by atomic mass is 9.92. The van der Waals surface area contributed by atoms with Gasteiger partial charge in [0.2, 0.25) is 0 Å². The van der Waals surface area contributed by atoms with Crippen LogP contribution in [-0.2, 0) is 9.53 Å². The molecule has 1 rings (SSSR count). The number of hydrogen-bond acceptors (Lipinski definition) is 2. The van der Waals surface area contributed by atoms with E-state index in [9.17, 15) is 4.79 Å². The van der Waals surface area contributed by atoms with E-state index < -0.39 is 0 Å². The predicted molar refractivity (Wildman–Crippen MR) is 61.6 cm³/mol. The highest BCUT2D eigenvalue weighted by atomic mass is 16.5. The van der Waals surface area contributed by atoms with Crippen molar-refractivity contribution in [2.75, 3.05) is 6.61 Å². The molecule has 1 aliphatic carbocycles. The average molecular weight is 210 g/mol. The van der Waals surface area contributed by atoms with Crippen molar-refractivity contribution in [3.63, 3.8) is 0 Å². The van der Waals surface area contributed by atoms with Gasteiger partial charge >= 0.3 is 5.97 Å². The maximum Gasteiger partial charge on any atom is 0.333 e. The van der Waals surface area contributed by atoms with Crippen molar-refractivity contribution in [2.45, 2.75) is 51.9 Å². The fourth-order valence-corrected chi connectivity index (χ4v) is 2.02. The van der Waals surface area contributed by atoms with Gasteiger partial charge in [0.05, 0.1) is 6.61 Å². The highest BCUT2D eigenvalue weighted by Crippen LogP contribution is 2.22. The molecule has 0 spiro atoms. The van der Waals surface area contributed by atoms with E-state index in [2.05, 4.69) is 6.58 Å². The summed E-state index contributed by atoms with van der Waals surface area (Å²) in [7, 11) is 0. The Labute approximate surface area is 92.7 Å². The van der Waals surface area contributed by atoms with Crippen molar-refractivity contribution < 1.29 is 9.53 Å². The van der Waals surface area contributed by atoms with Crippen molar-refractivity contribution in [3.8, 4) is 0 Å². The molecule has 0 saturated heterocycles. The molecule has 0 N–H and O–H groups in total. The molecular weight excluding hydrogens is 188 g/mol. The number of esters is 1. The van der Waals surface area contributed by atoms with Crippen LogP contribution >= 0.6 is 0 Å². The molecule has 86 valence electrons. The summed E-state index contributed by atoms with van der Waals surface area (Å²) in [5.41, 5.74) is 0.501. The minimum atomic E-state index is -0.239. The van der Waals surface area contributed by atoms with E-state index in [4.69, 9.17) is 4.74 Å². The Kier molecular flexibility index (Phi) is 5.44. The number of ether oxygens (including phenoxy) is 1. The van der Waals surface area contributed by atoms with Gasteiger partial charge in [0, 0.05) is 5.57 Å². The second-order valence-corrected chi connectivity index (χ2v) is 4.59. The van der Waals surface area contributed by atoms with Crippen LogP contribution in [0.5, 0.6) is 0 Å². The van der Waals surface area contributed by atoms with Gasteiger partial charge in [-0.25, -0.2) is 4.79 Å². The van der Waals surface area contributed by atoms with E-state index in [1.54, 1.807) is 6.92 Å². The monoisotopic (exact) mass is 210 g/mol. The Morgan fingerprint density at radius 3 is 2.27 bits per heavy atom. The molecule has 0 aromatic carbocycles. The molecule has 0 radical (unpaired) electrons. The molecular formula is C13H22O2. The Balaban J connectivity index is 2.23. The van der Waals surface area contributed by atoms with Crippen LogP contribution in [0.15, 0.2) is 12.2 Å². The summed E-state index contributed by atoms with van der Waals surface area (Å²) in [5.74, 6) is 0.339. The first-order chi connectivity index (χ1) is 7.20. The van der Waals surface area contributed by atoms with E-state index in [0.29, 0.717) is 18.1 Å². The standard InChI is InChI=1S/C13H22O2/c1-11(2)13(14)15-10-12-8-6-4-3-5-7-9-12/h12H,1,3-10H2,2H3. The van der Waals surface area contributed by atoms with Crippen molar-refractivity contribution in [1.29, 1.82) is 0 Å². The van der Waals surface area contributed by atoms with Crippen LogP contribution in [0.3, 0.4) is 0 Å². The maximum atomic E-state index is 11.2. The second kappa shape index (κ2) is 6.65. The smallest absolute Gasteiger partial charge is 0.333 e. The summed E-state index contributed by atoms with van der Waals surface area (Å²) in [6.45, 7) is 5.86. The van der Waals surface area contributed by atoms with Gasteiger partial charge in [-0.1, -0.05) is 38.7 Å². The predicted octanol–water partition coefficient (Wildman–Crippen LogP) is 3.47. The third kappa shape index (κ3) is 5.01. The zero-order valence-electron chi connectivity index (χ0n) is 9.76. The number of rotatable bonds is 3. The summed E-state index contributed by atoms with van der Waals surface area (Å²) < 4.78 is 5.20. The van der Waals surface area contributed by atoms with Gasteiger partial charge in [-0.3, -0.25) is 0 Å². The molecule has 1 aliphatic rings. The molecule has 1 saturated carbocycles. The number of carbonyl (C=O) groups is 1. The van der Waals surface area contributed by atoms with Crippen molar-refractivity contribution in [2.24, 2.45) is 5.92 Å². The maximum absolute atomic E-state index is 11.2. The first-order valence-electron chi connectivity index (χ1n) is 6.03. The molecule has 0 bridgehead atoms. The zero-order valence-corrected chi connectivity index (χ0v) is 9.76. The molecule has 0 aliphatic heterocycles. The Bertz CT molecular complexity index is 213. The van der Waals surface area contributed by atoms with Crippen LogP contribution in [0.4, 0.5) is 0 Å². The lowest BCUT2D eigenvalue weighted by Crippen LogP contribution is -2.15. The van der Waals surface area contributed by atoms with E-state index in [0.717, 1.165) is 0 Å². The lowest BCUT2D eigenvalue weighted by molar-refractivity contribution is -0.140. The molecule has 0 atom stereocenters. The Hall–Kier alpha value is -0.790. The van der Waals surface area contributed by atoms with E-state index >= 15 is 0 Å². The van der Waals surface area contributed by atoms with Gasteiger partial charge in [-0.15, -0.1) is 0 Å². The van der Waals surface area contributed by atoms with Crippen LogP contribution in [-0.4, -0.2) is 12.6 Å². The molecule has 1 fully saturated rings. The third-order valence-corrected chi connectivity index (χ3v) is 3.02. The highest BCUT2D eigenvalue weighted by Gasteiger charge is 2.13. The largest absolute Gasteiger partial charge is 0.462 e. The molecule has 0 aromatic heterocycles. The van der Waals surface area contributed by atoms with Crippen LogP contribution in [0.2, 0.25) is 0 Å². The Morgan fingerprint density at radius 1 is 1.20 bits per heavy atom. The van der Waals surface area contributed by atoms with Crippen LogP contribution < -0.4 is 0 Å². The first-order valence-corrected chi connectivity index (χ1v) is 6.03. The molecule has 15 heavy (non-hydrogen) atoms. The SMILES string of the molecule is C=C(C)C(=O)OCC1CCCCCCC1. The van der Waals surface area contributed by atoms with Gasteiger partial charge in [0.25, 0.3) is 0 Å². The van der Waals surface area contributed by atoms with Gasteiger partial charge in [-0.2, -0.15) is 0 Å². The first kappa shape index (κ1) is 12.3. The lowest BCUT2D eigenvalue weighted by Gasteiger charge is -2.19. The summed E-state index contributed by atoms with van der Waals surface area (Å²) in [4.78, 5) is 11.2. The summed E-state index contributed by atoms with van der Waals surface area (Å²) in [5, 5.41) is 0. The van der Waals surface area contributed by atoms with Crippen molar-refractivity contribution in [3.05, 3.63) is 12.2 Å². The number of hydrogen-bond donors (Lipinski definition) is 0. The van der Waals surface area contributed by atoms with E-state index in [-0.39, 0.29) is 5.97 Å². The van der Waals surface area contributed by atoms with Crippen molar-refractivity contribution in [1.82, 2.24) is 0 Å². The van der Waals surface area contributed by atoms with Gasteiger partial charge in [0.1, 0.15) is 0 Å². The van der Waals surface area contributed by atoms with Crippen LogP contribution in [0, 0.1) is 5.92 Å². The van der Waals surface area contributed by atoms with Crippen LogP contribution in [0.1, 0.15) is 51.9 Å². The van der Waals surface area contributed by atoms with Gasteiger partial charge in [0.15, 0.2) is 0 Å². The summed E-state index contributed by atoms with van der Waals surface area (Å²) in [6.07, 6.45) is 9.05. The van der Waals surface area contributed by atoms with E-state index in [1.165, 1.54) is 44.9 Å². The minimum absolute atomic E-state index is 0.239. The van der Waals surface area contributed by atoms with Gasteiger partial charge < -0.3 is 4.74 Å². The third-order valence-electron chi connectivity index (χ3n) is 3.02. The molecule has 0 amide bonds. The fourth-order valence-electron chi connectivity index (χ4n) is 2.02. The molecule has 0 unspecified atom stereocenters. The number of carbonyl (C=O) groups excluding carboxylic acids is 1. The highest BCUT2D eigenvalue weighted by molar-refractivity contribution is 5.86. The minimum Gasteiger partial charge on any atom is -0.462 e. The fraction of sp³-hybridized carbons (Fsp3) is 0.769. The quantitative estimate of drug-likeness (QED) is 0.526. The normalized spacial score (nSPS) is 19.0. The van der Waals surface area contributed by atoms with Crippen LogP contribution in [0.25, 0.3) is 0 Å². The summed E-state index contributed by atoms with van der Waals surface area (Å²) >= 11 is 0. The molecule has 0 heterocycles. The second-order valence-electron chi connectivity index (χ2n) is 4.59. The van der Waals surface area contributed by atoms with E-state index in [1.807, 2.05) is 0 Å². The summed E-state index contributed by atoms with van der Waals surface area (Å²) in [6, 6.07) is 0. The molecule has 2 nitrogen and oxygen atoms in total. The van der Waals surface area contributed by atoms with Crippen molar-refractivity contribution >= 4 is 5.97 Å². The molecule has 2 heteroatoms. The molecule has 0 aromatic rings. The zero-order chi connectivity index (χ0) is 11.1. The van der Waals surface area contributed by atoms with Gasteiger partial charge in [-0.05, 0) is 25.7 Å². The topological polar surface area (TPSA) is 26.3 Å². The average Bonchev–Trinajstić information content (AvgIpc) is 2.15. The Morgan fingerprint density at radius 2 is 1.73 bits per heavy atom.